The summed E-state index contributed by atoms with van der Waals surface area (Å²) in [6.45, 7) is 6.18. The number of sulfone groups is 1. The van der Waals surface area contributed by atoms with Crippen molar-refractivity contribution in [1.29, 1.82) is 0 Å². The molecule has 3 amide bonds. The number of nitrogens with zero attached hydrogens (tertiary/aromatic N) is 10. The molecule has 2 bridgehead atoms. The quantitative estimate of drug-likeness (QED) is 0.160. The summed E-state index contributed by atoms with van der Waals surface area (Å²) >= 11 is 0. The lowest BCUT2D eigenvalue weighted by Crippen LogP contribution is -2.68. The third kappa shape index (κ3) is 6.86. The van der Waals surface area contributed by atoms with Crippen molar-refractivity contribution < 1.29 is 27.1 Å². The number of aromatic nitrogens is 8. The van der Waals surface area contributed by atoms with Gasteiger partial charge in [-0.25, -0.2) is 22.6 Å². The Bertz CT molecular complexity index is 2980. The summed E-state index contributed by atoms with van der Waals surface area (Å²) in [7, 11) is -2.23. The fraction of sp³-hybridized carbons (Fsp3) is 0.293. The van der Waals surface area contributed by atoms with Crippen molar-refractivity contribution >= 4 is 61.5 Å². The van der Waals surface area contributed by atoms with Crippen LogP contribution < -0.4 is 25.2 Å². The molecule has 61 heavy (non-hydrogen) atoms. The van der Waals surface area contributed by atoms with E-state index in [-0.39, 0.29) is 58.5 Å². The lowest BCUT2D eigenvalue weighted by atomic mass is 9.86. The Labute approximate surface area is 348 Å². The van der Waals surface area contributed by atoms with Gasteiger partial charge in [-0.3, -0.25) is 29.7 Å². The van der Waals surface area contributed by atoms with E-state index in [4.69, 9.17) is 4.74 Å². The first-order valence-electron chi connectivity index (χ1n) is 19.8. The van der Waals surface area contributed by atoms with E-state index in [0.29, 0.717) is 35.0 Å². The van der Waals surface area contributed by atoms with Gasteiger partial charge in [0.25, 0.3) is 0 Å². The number of hydrogen-bond donors (Lipinski definition) is 3. The highest BCUT2D eigenvalue weighted by Gasteiger charge is 2.44. The molecule has 8 heterocycles. The molecule has 18 nitrogen and oxygen atoms in total. The number of ether oxygens (including phenoxy) is 1. The van der Waals surface area contributed by atoms with Crippen molar-refractivity contribution in [2.45, 2.75) is 61.2 Å². The van der Waals surface area contributed by atoms with Crippen LogP contribution in [0.15, 0.2) is 89.2 Å². The number of halogens is 1. The van der Waals surface area contributed by atoms with Gasteiger partial charge in [0.1, 0.15) is 17.8 Å². The standard InChI is InChI=1S/C41H40FN13O5S/c1-23(2)60-37-36(25-17-44-45-18-25)43-22-55-39(37)48-40(50-55)46-33-10-8-30(16-32(33)42)61(58,59)29-6-4-5-24(13-29)19-54-27-14-28(54)21-52(20-27)26-7-9-31-34(15-26)51(3)49-38(31)53-12-11-35(56)47-41(53)57/h4-10,13,15-18,22-23,27-28H,11-12,14,19-21H2,1-3H3,(H,44,45)(H,46,50)(H,47,56,57). The smallest absolute Gasteiger partial charge is 0.329 e. The number of benzene rings is 3. The number of nitrogens with one attached hydrogen (secondary N) is 3. The van der Waals surface area contributed by atoms with E-state index in [1.165, 1.54) is 33.9 Å². The number of anilines is 4. The van der Waals surface area contributed by atoms with Gasteiger partial charge in [0.05, 0.1) is 33.3 Å². The SMILES string of the molecule is CC(C)Oc1c(-c2cn[nH]c2)ncn2nc(Nc3ccc(S(=O)(=O)c4cccc(CN5C6CC5CN(c5ccc7c(N8CCC(=O)NC8=O)nn(C)c7c5)C6)c4)cc3F)nc12. The lowest BCUT2D eigenvalue weighted by Gasteiger charge is -2.57. The maximum absolute atomic E-state index is 15.7. The second kappa shape index (κ2) is 14.7. The molecule has 11 rings (SSSR count). The predicted molar refractivity (Wildman–Crippen MR) is 222 cm³/mol. The molecule has 2 unspecified atom stereocenters. The van der Waals surface area contributed by atoms with Gasteiger partial charge in [-0.2, -0.15) is 19.7 Å². The van der Waals surface area contributed by atoms with Crippen molar-refractivity contribution in [2.24, 2.45) is 7.05 Å². The van der Waals surface area contributed by atoms with Crippen LogP contribution in [0.1, 0.15) is 32.3 Å². The average Bonchev–Trinajstić information content (AvgIpc) is 4.00. The van der Waals surface area contributed by atoms with Crippen LogP contribution in [0, 0.1) is 5.82 Å². The number of carbonyl (C=O) groups is 2. The number of carbonyl (C=O) groups excluding carboxylic acids is 2. The Morgan fingerprint density at radius 1 is 1.02 bits per heavy atom. The zero-order chi connectivity index (χ0) is 42.2. The van der Waals surface area contributed by atoms with Crippen LogP contribution >= 0.6 is 0 Å². The van der Waals surface area contributed by atoms with Crippen LogP contribution in [0.4, 0.5) is 32.3 Å². The number of piperazine rings is 1. The van der Waals surface area contributed by atoms with Gasteiger partial charge in [-0.05, 0) is 74.4 Å². The molecule has 4 aromatic heterocycles. The molecule has 20 heteroatoms. The topological polar surface area (TPSA) is 201 Å². The van der Waals surface area contributed by atoms with Gasteiger partial charge >= 0.3 is 6.03 Å². The maximum Gasteiger partial charge on any atom is 0.329 e. The molecule has 0 radical (unpaired) electrons. The summed E-state index contributed by atoms with van der Waals surface area (Å²) in [4.78, 5) is 39.4. The Morgan fingerprint density at radius 2 is 1.84 bits per heavy atom. The maximum atomic E-state index is 15.7. The summed E-state index contributed by atoms with van der Waals surface area (Å²) < 4.78 is 52.6. The van der Waals surface area contributed by atoms with Gasteiger partial charge in [-0.1, -0.05) is 12.1 Å². The highest BCUT2D eigenvalue weighted by atomic mass is 32.2. The van der Waals surface area contributed by atoms with Crippen LogP contribution in [-0.2, 0) is 28.2 Å². The summed E-state index contributed by atoms with van der Waals surface area (Å²) in [6, 6.07) is 16.7. The van der Waals surface area contributed by atoms with Gasteiger partial charge in [0.2, 0.25) is 27.3 Å². The molecular formula is C41H40FN13O5S. The van der Waals surface area contributed by atoms with Crippen molar-refractivity contribution in [1.82, 2.24) is 49.8 Å². The van der Waals surface area contributed by atoms with Gasteiger partial charge < -0.3 is 15.0 Å². The Balaban J connectivity index is 0.816. The summed E-state index contributed by atoms with van der Waals surface area (Å²) in [5, 5.41) is 21.8. The van der Waals surface area contributed by atoms with Gasteiger partial charge in [0.15, 0.2) is 11.6 Å². The highest BCUT2D eigenvalue weighted by Crippen LogP contribution is 2.39. The summed E-state index contributed by atoms with van der Waals surface area (Å²) in [5.74, 6) is -0.119. The lowest BCUT2D eigenvalue weighted by molar-refractivity contribution is -0.120. The summed E-state index contributed by atoms with van der Waals surface area (Å²) in [6.07, 6.45) is 5.82. The van der Waals surface area contributed by atoms with E-state index in [0.717, 1.165) is 47.7 Å². The Kier molecular flexibility index (Phi) is 9.20. The Morgan fingerprint density at radius 3 is 2.59 bits per heavy atom. The molecule has 0 aliphatic carbocycles. The van der Waals surface area contributed by atoms with E-state index < -0.39 is 21.7 Å². The second-order valence-electron chi connectivity index (χ2n) is 15.7. The molecule has 2 atom stereocenters. The molecule has 4 saturated heterocycles. The predicted octanol–water partition coefficient (Wildman–Crippen LogP) is 4.81. The molecular weight excluding hydrogens is 806 g/mol. The van der Waals surface area contributed by atoms with E-state index in [9.17, 15) is 18.0 Å². The molecule has 4 aliphatic heterocycles. The van der Waals surface area contributed by atoms with Crippen molar-refractivity contribution in [3.8, 4) is 17.0 Å². The number of imide groups is 1. The number of H-pyrrole nitrogens is 1. The average molecular weight is 846 g/mol. The van der Waals surface area contributed by atoms with Crippen LogP contribution in [0.25, 0.3) is 27.8 Å². The van der Waals surface area contributed by atoms with Crippen LogP contribution in [0.3, 0.4) is 0 Å². The van der Waals surface area contributed by atoms with E-state index >= 15 is 4.39 Å². The van der Waals surface area contributed by atoms with Gasteiger partial charge in [0, 0.05) is 74.6 Å². The van der Waals surface area contributed by atoms with Crippen LogP contribution in [0.2, 0.25) is 0 Å². The zero-order valence-corrected chi connectivity index (χ0v) is 34.1. The molecule has 0 spiro atoms. The van der Waals surface area contributed by atoms with E-state index in [2.05, 4.69) is 56.9 Å². The fourth-order valence-electron chi connectivity index (χ4n) is 8.41. The monoisotopic (exact) mass is 845 g/mol. The number of aryl methyl sites for hydroxylation is 1. The largest absolute Gasteiger partial charge is 0.485 e. The third-order valence-electron chi connectivity index (χ3n) is 11.4. The van der Waals surface area contributed by atoms with Crippen molar-refractivity contribution in [2.75, 3.05) is 34.8 Å². The molecule has 3 aromatic carbocycles. The first-order valence-corrected chi connectivity index (χ1v) is 21.3. The number of rotatable bonds is 11. The summed E-state index contributed by atoms with van der Waals surface area (Å²) in [5.41, 5.74) is 4.33. The number of fused-ring (bicyclic) bond motifs is 4. The third-order valence-corrected chi connectivity index (χ3v) is 13.1. The molecule has 4 fully saturated rings. The molecule has 312 valence electrons. The Hall–Kier alpha value is -6.93. The first kappa shape index (κ1) is 38.3. The number of aromatic amines is 1. The van der Waals surface area contributed by atoms with Crippen LogP contribution in [-0.4, -0.2) is 103 Å². The molecule has 0 saturated carbocycles. The minimum Gasteiger partial charge on any atom is -0.485 e. The van der Waals surface area contributed by atoms with Crippen LogP contribution in [0.5, 0.6) is 5.75 Å². The number of urea groups is 1. The van der Waals surface area contributed by atoms with E-state index in [1.807, 2.05) is 39.1 Å². The second-order valence-corrected chi connectivity index (χ2v) is 17.7. The minimum atomic E-state index is -4.07. The minimum absolute atomic E-state index is 0.00783. The van der Waals surface area contributed by atoms with Gasteiger partial charge in [-0.15, -0.1) is 5.10 Å². The number of piperidine rings is 1. The van der Waals surface area contributed by atoms with Crippen molar-refractivity contribution in [3.05, 3.63) is 90.8 Å². The highest BCUT2D eigenvalue weighted by molar-refractivity contribution is 7.91. The number of hydrogen-bond acceptors (Lipinski definition) is 13. The zero-order valence-electron chi connectivity index (χ0n) is 33.3. The van der Waals surface area contributed by atoms with E-state index in [1.54, 1.807) is 29.2 Å². The molecule has 3 N–H and O–H groups in total. The molecule has 7 aromatic rings. The fourth-order valence-corrected chi connectivity index (χ4v) is 9.75. The molecule has 4 aliphatic rings. The van der Waals surface area contributed by atoms with Crippen molar-refractivity contribution in [3.63, 3.8) is 0 Å². The number of amides is 3. The first-order chi connectivity index (χ1) is 29.4. The normalized spacial score (nSPS) is 18.2.